The number of hydrogen-bond acceptors (Lipinski definition) is 3. The highest BCUT2D eigenvalue weighted by Crippen LogP contribution is 2.17. The minimum Gasteiger partial charge on any atom is -0.479 e. The third kappa shape index (κ3) is 1.89. The molecule has 0 spiro atoms. The van der Waals surface area contributed by atoms with Crippen molar-refractivity contribution in [2.45, 2.75) is 6.10 Å². The molecule has 0 amide bonds. The second-order valence-corrected chi connectivity index (χ2v) is 2.63. The van der Waals surface area contributed by atoms with Gasteiger partial charge >= 0.3 is 11.9 Å². The van der Waals surface area contributed by atoms with E-state index >= 15 is 0 Å². The summed E-state index contributed by atoms with van der Waals surface area (Å²) in [6.45, 7) is 0. The van der Waals surface area contributed by atoms with E-state index in [4.69, 9.17) is 15.3 Å². The molecule has 0 aromatic heterocycles. The molecule has 5 nitrogen and oxygen atoms in total. The van der Waals surface area contributed by atoms with Crippen LogP contribution in [0.25, 0.3) is 0 Å². The largest absolute Gasteiger partial charge is 0.479 e. The molecular formula is C9H8O5. The Morgan fingerprint density at radius 1 is 1.14 bits per heavy atom. The first-order chi connectivity index (χ1) is 6.54. The number of aliphatic hydroxyl groups excluding tert-OH is 1. The average molecular weight is 196 g/mol. The van der Waals surface area contributed by atoms with Gasteiger partial charge in [0.1, 0.15) is 0 Å². The normalized spacial score (nSPS) is 12.1. The van der Waals surface area contributed by atoms with Gasteiger partial charge in [-0.1, -0.05) is 18.2 Å². The molecule has 1 aromatic carbocycles. The fraction of sp³-hybridized carbons (Fsp3) is 0.111. The molecule has 1 unspecified atom stereocenters. The summed E-state index contributed by atoms with van der Waals surface area (Å²) in [5.41, 5.74) is -0.324. The molecule has 1 atom stereocenters. The molecule has 0 aliphatic carbocycles. The Hall–Kier alpha value is -1.88. The smallest absolute Gasteiger partial charge is 0.337 e. The summed E-state index contributed by atoms with van der Waals surface area (Å²) in [5.74, 6) is -2.74. The molecule has 1 rings (SSSR count). The van der Waals surface area contributed by atoms with Crippen molar-refractivity contribution in [1.29, 1.82) is 0 Å². The molecule has 5 heteroatoms. The van der Waals surface area contributed by atoms with Gasteiger partial charge < -0.3 is 15.3 Å². The first-order valence-electron chi connectivity index (χ1n) is 3.77. The molecule has 0 bridgehead atoms. The molecular weight excluding hydrogens is 188 g/mol. The molecule has 3 N–H and O–H groups in total. The Morgan fingerprint density at radius 2 is 1.71 bits per heavy atom. The topological polar surface area (TPSA) is 94.8 Å². The number of carbonyl (C=O) groups is 2. The van der Waals surface area contributed by atoms with Crippen molar-refractivity contribution in [3.8, 4) is 0 Å². The van der Waals surface area contributed by atoms with Crippen LogP contribution >= 0.6 is 0 Å². The van der Waals surface area contributed by atoms with Crippen LogP contribution in [-0.4, -0.2) is 27.3 Å². The van der Waals surface area contributed by atoms with E-state index in [1.54, 1.807) is 0 Å². The number of hydrogen-bond donors (Lipinski definition) is 3. The summed E-state index contributed by atoms with van der Waals surface area (Å²) in [5, 5.41) is 26.4. The molecule has 0 radical (unpaired) electrons. The van der Waals surface area contributed by atoms with E-state index in [2.05, 4.69) is 0 Å². The van der Waals surface area contributed by atoms with Crippen LogP contribution < -0.4 is 0 Å². The Bertz CT molecular complexity index is 371. The summed E-state index contributed by atoms with van der Waals surface area (Å²) in [7, 11) is 0. The van der Waals surface area contributed by atoms with E-state index in [1.165, 1.54) is 24.3 Å². The summed E-state index contributed by atoms with van der Waals surface area (Å²) in [6, 6.07) is 5.43. The predicted octanol–water partition coefficient (Wildman–Crippen LogP) is 0.503. The van der Waals surface area contributed by atoms with Gasteiger partial charge in [0.05, 0.1) is 5.56 Å². The van der Waals surface area contributed by atoms with Crippen molar-refractivity contribution < 1.29 is 24.9 Å². The maximum Gasteiger partial charge on any atom is 0.337 e. The van der Waals surface area contributed by atoms with Crippen molar-refractivity contribution in [1.82, 2.24) is 0 Å². The van der Waals surface area contributed by atoms with Crippen molar-refractivity contribution in [3.05, 3.63) is 35.4 Å². The van der Waals surface area contributed by atoms with Gasteiger partial charge in [0.15, 0.2) is 6.10 Å². The van der Waals surface area contributed by atoms with E-state index < -0.39 is 18.0 Å². The van der Waals surface area contributed by atoms with E-state index in [0.717, 1.165) is 0 Å². The van der Waals surface area contributed by atoms with Crippen LogP contribution in [0.4, 0.5) is 0 Å². The number of carboxylic acid groups (broad SMARTS) is 2. The zero-order valence-electron chi connectivity index (χ0n) is 7.04. The number of rotatable bonds is 3. The zero-order chi connectivity index (χ0) is 10.7. The Morgan fingerprint density at radius 3 is 2.21 bits per heavy atom. The Labute approximate surface area is 79.2 Å². The lowest BCUT2D eigenvalue weighted by Crippen LogP contribution is -2.14. The van der Waals surface area contributed by atoms with Crippen molar-refractivity contribution in [2.75, 3.05) is 0 Å². The van der Waals surface area contributed by atoms with Crippen LogP contribution in [-0.2, 0) is 4.79 Å². The van der Waals surface area contributed by atoms with Gasteiger partial charge in [0.2, 0.25) is 0 Å². The first kappa shape index (κ1) is 10.2. The highest BCUT2D eigenvalue weighted by Gasteiger charge is 2.21. The number of aliphatic hydroxyl groups is 1. The van der Waals surface area contributed by atoms with Crippen LogP contribution in [0.5, 0.6) is 0 Å². The van der Waals surface area contributed by atoms with E-state index in [-0.39, 0.29) is 11.1 Å². The van der Waals surface area contributed by atoms with Gasteiger partial charge in [-0.2, -0.15) is 0 Å². The molecule has 0 saturated carbocycles. The van der Waals surface area contributed by atoms with E-state index in [9.17, 15) is 9.59 Å². The molecule has 0 saturated heterocycles. The Balaban J connectivity index is 3.19. The second-order valence-electron chi connectivity index (χ2n) is 2.63. The SMILES string of the molecule is O=C(O)c1ccccc1C(O)C(=O)O. The highest BCUT2D eigenvalue weighted by molar-refractivity contribution is 5.91. The maximum atomic E-state index is 10.6. The zero-order valence-corrected chi connectivity index (χ0v) is 7.04. The lowest BCUT2D eigenvalue weighted by atomic mass is 10.0. The van der Waals surface area contributed by atoms with Crippen LogP contribution in [0.2, 0.25) is 0 Å². The maximum absolute atomic E-state index is 10.6. The van der Waals surface area contributed by atoms with Crippen molar-refractivity contribution >= 4 is 11.9 Å². The summed E-state index contributed by atoms with van der Waals surface area (Å²) >= 11 is 0. The number of aliphatic carboxylic acids is 1. The highest BCUT2D eigenvalue weighted by atomic mass is 16.4. The molecule has 0 aliphatic rings. The minimum atomic E-state index is -1.80. The number of benzene rings is 1. The standard InChI is InChI=1S/C9H8O5/c10-7(9(13)14)5-3-1-2-4-6(5)8(11)12/h1-4,7,10H,(H,11,12)(H,13,14). The van der Waals surface area contributed by atoms with Gasteiger partial charge in [-0.25, -0.2) is 9.59 Å². The summed E-state index contributed by atoms with van der Waals surface area (Å²) in [6.07, 6.45) is -1.80. The van der Waals surface area contributed by atoms with Gasteiger partial charge in [-0.05, 0) is 6.07 Å². The first-order valence-corrected chi connectivity index (χ1v) is 3.77. The van der Waals surface area contributed by atoms with Gasteiger partial charge in [0, 0.05) is 5.56 Å². The third-order valence-corrected chi connectivity index (χ3v) is 1.72. The van der Waals surface area contributed by atoms with Crippen LogP contribution in [0.1, 0.15) is 22.0 Å². The lowest BCUT2D eigenvalue weighted by molar-refractivity contribution is -0.146. The van der Waals surface area contributed by atoms with Crippen LogP contribution in [0.3, 0.4) is 0 Å². The minimum absolute atomic E-state index is 0.118. The van der Waals surface area contributed by atoms with Gasteiger partial charge in [-0.3, -0.25) is 0 Å². The lowest BCUT2D eigenvalue weighted by Gasteiger charge is -2.08. The van der Waals surface area contributed by atoms with Gasteiger partial charge in [0.25, 0.3) is 0 Å². The van der Waals surface area contributed by atoms with E-state index in [0.29, 0.717) is 0 Å². The molecule has 1 aromatic rings. The van der Waals surface area contributed by atoms with Crippen molar-refractivity contribution in [3.63, 3.8) is 0 Å². The predicted molar refractivity (Wildman–Crippen MR) is 46.0 cm³/mol. The molecule has 74 valence electrons. The molecule has 14 heavy (non-hydrogen) atoms. The average Bonchev–Trinajstić information content (AvgIpc) is 2.16. The monoisotopic (exact) mass is 196 g/mol. The van der Waals surface area contributed by atoms with Crippen LogP contribution in [0.15, 0.2) is 24.3 Å². The quantitative estimate of drug-likeness (QED) is 0.654. The van der Waals surface area contributed by atoms with Crippen LogP contribution in [0, 0.1) is 0 Å². The number of aromatic carboxylic acids is 1. The summed E-state index contributed by atoms with van der Waals surface area (Å²) in [4.78, 5) is 21.1. The second kappa shape index (κ2) is 3.89. The Kier molecular flexibility index (Phi) is 2.83. The van der Waals surface area contributed by atoms with Crippen molar-refractivity contribution in [2.24, 2.45) is 0 Å². The summed E-state index contributed by atoms with van der Waals surface area (Å²) < 4.78 is 0. The van der Waals surface area contributed by atoms with Gasteiger partial charge in [-0.15, -0.1) is 0 Å². The molecule has 0 aliphatic heterocycles. The number of carboxylic acids is 2. The van der Waals surface area contributed by atoms with E-state index in [1.807, 2.05) is 0 Å². The third-order valence-electron chi connectivity index (χ3n) is 1.72. The fourth-order valence-electron chi connectivity index (χ4n) is 1.06. The molecule has 0 fully saturated rings. The fourth-order valence-corrected chi connectivity index (χ4v) is 1.06. The molecule has 0 heterocycles.